The van der Waals surface area contributed by atoms with Crippen LogP contribution in [0.15, 0.2) is 36.4 Å². The summed E-state index contributed by atoms with van der Waals surface area (Å²) < 4.78 is 5.45. The summed E-state index contributed by atoms with van der Waals surface area (Å²) in [7, 11) is 1.64. The number of anilines is 2. The highest BCUT2D eigenvalue weighted by molar-refractivity contribution is 7.80. The van der Waals surface area contributed by atoms with E-state index in [1.54, 1.807) is 7.11 Å². The summed E-state index contributed by atoms with van der Waals surface area (Å²) in [5.41, 5.74) is 1.52. The summed E-state index contributed by atoms with van der Waals surface area (Å²) in [6, 6.07) is 13.2. The number of piperidine rings is 1. The number of ether oxygens (including phenoxy) is 1. The molecule has 2 fully saturated rings. The first kappa shape index (κ1) is 22.8. The Morgan fingerprint density at radius 2 is 1.91 bits per heavy atom. The zero-order valence-corrected chi connectivity index (χ0v) is 20.1. The number of rotatable bonds is 6. The van der Waals surface area contributed by atoms with Crippen LogP contribution in [-0.4, -0.2) is 41.3 Å². The SMILES string of the molecule is COc1cc(N2CCCC[C@@H]2C)nc(NC(=S)NCC2(c3ccccc3)CCCCC2)n1. The van der Waals surface area contributed by atoms with Crippen molar-refractivity contribution in [1.29, 1.82) is 0 Å². The molecule has 172 valence electrons. The summed E-state index contributed by atoms with van der Waals surface area (Å²) in [6.45, 7) is 4.06. The van der Waals surface area contributed by atoms with Gasteiger partial charge >= 0.3 is 0 Å². The van der Waals surface area contributed by atoms with Crippen molar-refractivity contribution in [1.82, 2.24) is 15.3 Å². The van der Waals surface area contributed by atoms with E-state index in [0.717, 1.165) is 18.9 Å². The van der Waals surface area contributed by atoms with Crippen molar-refractivity contribution in [3.8, 4) is 5.88 Å². The van der Waals surface area contributed by atoms with E-state index in [1.165, 1.54) is 56.9 Å². The average Bonchev–Trinajstić information content (AvgIpc) is 2.84. The van der Waals surface area contributed by atoms with Crippen molar-refractivity contribution in [2.24, 2.45) is 0 Å². The summed E-state index contributed by atoms with van der Waals surface area (Å²) in [6.07, 6.45) is 9.81. The third-order valence-corrected chi connectivity index (χ3v) is 7.25. The molecule has 1 aromatic heterocycles. The van der Waals surface area contributed by atoms with Crippen molar-refractivity contribution in [2.75, 3.05) is 30.4 Å². The predicted octanol–water partition coefficient (Wildman–Crippen LogP) is 5.05. The number of nitrogens with zero attached hydrogens (tertiary/aromatic N) is 3. The Labute approximate surface area is 197 Å². The summed E-state index contributed by atoms with van der Waals surface area (Å²) in [5.74, 6) is 1.92. The molecule has 1 saturated carbocycles. The second-order valence-electron chi connectivity index (χ2n) is 9.15. The fourth-order valence-electron chi connectivity index (χ4n) is 5.14. The molecule has 7 heteroatoms. The Bertz CT molecular complexity index is 900. The maximum atomic E-state index is 5.65. The second kappa shape index (κ2) is 10.5. The van der Waals surface area contributed by atoms with Gasteiger partial charge in [0.05, 0.1) is 7.11 Å². The van der Waals surface area contributed by atoms with Crippen LogP contribution in [0.1, 0.15) is 63.9 Å². The fraction of sp³-hybridized carbons (Fsp3) is 0.560. The van der Waals surface area contributed by atoms with Crippen LogP contribution in [-0.2, 0) is 5.41 Å². The van der Waals surface area contributed by atoms with Crippen LogP contribution in [0.5, 0.6) is 5.88 Å². The van der Waals surface area contributed by atoms with Crippen LogP contribution in [0.25, 0.3) is 0 Å². The van der Waals surface area contributed by atoms with Gasteiger partial charge in [0.2, 0.25) is 11.8 Å². The molecule has 2 aromatic rings. The van der Waals surface area contributed by atoms with Gasteiger partial charge < -0.3 is 20.3 Å². The molecule has 2 heterocycles. The van der Waals surface area contributed by atoms with Crippen LogP contribution >= 0.6 is 12.2 Å². The predicted molar refractivity (Wildman–Crippen MR) is 135 cm³/mol. The van der Waals surface area contributed by atoms with Gasteiger partial charge in [0.25, 0.3) is 0 Å². The largest absolute Gasteiger partial charge is 0.481 e. The van der Waals surface area contributed by atoms with E-state index >= 15 is 0 Å². The summed E-state index contributed by atoms with van der Waals surface area (Å²) >= 11 is 5.65. The van der Waals surface area contributed by atoms with Gasteiger partial charge in [0, 0.05) is 30.6 Å². The molecule has 4 rings (SSSR count). The van der Waals surface area contributed by atoms with Crippen molar-refractivity contribution in [3.63, 3.8) is 0 Å². The van der Waals surface area contributed by atoms with Gasteiger partial charge in [-0.1, -0.05) is 49.6 Å². The lowest BCUT2D eigenvalue weighted by molar-refractivity contribution is 0.292. The maximum Gasteiger partial charge on any atom is 0.234 e. The number of thiocarbonyl (C=S) groups is 1. The normalized spacial score (nSPS) is 20.4. The number of methoxy groups -OCH3 is 1. The molecule has 0 radical (unpaired) electrons. The zero-order chi connectivity index (χ0) is 22.4. The molecule has 0 spiro atoms. The smallest absolute Gasteiger partial charge is 0.234 e. The number of aromatic nitrogens is 2. The zero-order valence-electron chi connectivity index (χ0n) is 19.3. The van der Waals surface area contributed by atoms with Gasteiger partial charge in [-0.15, -0.1) is 0 Å². The van der Waals surface area contributed by atoms with Crippen molar-refractivity contribution in [3.05, 3.63) is 42.0 Å². The van der Waals surface area contributed by atoms with E-state index in [1.807, 2.05) is 6.07 Å². The molecule has 6 nitrogen and oxygen atoms in total. The lowest BCUT2D eigenvalue weighted by Crippen LogP contribution is -2.43. The molecule has 1 saturated heterocycles. The lowest BCUT2D eigenvalue weighted by Gasteiger charge is -2.38. The number of benzene rings is 1. The van der Waals surface area contributed by atoms with E-state index < -0.39 is 0 Å². The lowest BCUT2D eigenvalue weighted by atomic mass is 9.69. The van der Waals surface area contributed by atoms with Gasteiger partial charge in [-0.2, -0.15) is 9.97 Å². The minimum atomic E-state index is 0.120. The number of nitrogens with one attached hydrogen (secondary N) is 2. The fourth-order valence-corrected chi connectivity index (χ4v) is 5.31. The molecular formula is C25H35N5OS. The minimum Gasteiger partial charge on any atom is -0.481 e. The standard InChI is InChI=1S/C25H35N5OS/c1-19-11-7-10-16-30(19)21-17-22(31-2)28-23(27-21)29-24(32)26-18-25(14-8-4-9-15-25)20-12-5-3-6-13-20/h3,5-6,12-13,17,19H,4,7-11,14-16,18H2,1-2H3,(H2,26,27,28,29,32)/t19-/m0/s1. The minimum absolute atomic E-state index is 0.120. The van der Waals surface area contributed by atoms with Crippen molar-refractivity contribution in [2.45, 2.75) is 69.7 Å². The number of hydrogen-bond acceptors (Lipinski definition) is 5. The van der Waals surface area contributed by atoms with Gasteiger partial charge in [0.1, 0.15) is 5.82 Å². The molecule has 1 atom stereocenters. The van der Waals surface area contributed by atoms with Crippen molar-refractivity contribution < 1.29 is 4.74 Å². The van der Waals surface area contributed by atoms with Crippen LogP contribution in [0.2, 0.25) is 0 Å². The van der Waals surface area contributed by atoms with Crippen LogP contribution in [0, 0.1) is 0 Å². The molecule has 1 aliphatic heterocycles. The van der Waals surface area contributed by atoms with E-state index in [2.05, 4.69) is 57.8 Å². The maximum absolute atomic E-state index is 5.65. The molecule has 32 heavy (non-hydrogen) atoms. The molecule has 2 N–H and O–H groups in total. The highest BCUT2D eigenvalue weighted by atomic mass is 32.1. The van der Waals surface area contributed by atoms with E-state index in [9.17, 15) is 0 Å². The van der Waals surface area contributed by atoms with E-state index in [4.69, 9.17) is 21.9 Å². The van der Waals surface area contributed by atoms with Crippen LogP contribution in [0.4, 0.5) is 11.8 Å². The second-order valence-corrected chi connectivity index (χ2v) is 9.55. The first-order chi connectivity index (χ1) is 15.6. The monoisotopic (exact) mass is 453 g/mol. The Morgan fingerprint density at radius 1 is 1.12 bits per heavy atom. The first-order valence-electron chi connectivity index (χ1n) is 11.9. The van der Waals surface area contributed by atoms with Crippen LogP contribution < -0.4 is 20.3 Å². The van der Waals surface area contributed by atoms with Crippen molar-refractivity contribution >= 4 is 29.1 Å². The molecule has 0 unspecified atom stereocenters. The van der Waals surface area contributed by atoms with Gasteiger partial charge in [-0.25, -0.2) is 0 Å². The Kier molecular flexibility index (Phi) is 7.45. The van der Waals surface area contributed by atoms with Gasteiger partial charge in [-0.05, 0) is 56.8 Å². The molecule has 1 aromatic carbocycles. The molecule has 0 amide bonds. The third kappa shape index (κ3) is 5.31. The average molecular weight is 454 g/mol. The molecule has 2 aliphatic rings. The summed E-state index contributed by atoms with van der Waals surface area (Å²) in [5, 5.41) is 7.23. The van der Waals surface area contributed by atoms with E-state index in [-0.39, 0.29) is 5.41 Å². The summed E-state index contributed by atoms with van der Waals surface area (Å²) in [4.78, 5) is 11.6. The number of hydrogen-bond donors (Lipinski definition) is 2. The Balaban J connectivity index is 1.46. The first-order valence-corrected chi connectivity index (χ1v) is 12.3. The van der Waals surface area contributed by atoms with E-state index in [0.29, 0.717) is 23.0 Å². The quantitative estimate of drug-likeness (QED) is 0.593. The molecular weight excluding hydrogens is 418 g/mol. The van der Waals surface area contributed by atoms with Gasteiger partial charge in [-0.3, -0.25) is 0 Å². The third-order valence-electron chi connectivity index (χ3n) is 7.00. The Hall–Kier alpha value is -2.41. The van der Waals surface area contributed by atoms with Crippen LogP contribution in [0.3, 0.4) is 0 Å². The highest BCUT2D eigenvalue weighted by Crippen LogP contribution is 2.39. The molecule has 0 bridgehead atoms. The molecule has 1 aliphatic carbocycles. The Morgan fingerprint density at radius 3 is 2.62 bits per heavy atom. The highest BCUT2D eigenvalue weighted by Gasteiger charge is 2.33. The van der Waals surface area contributed by atoms with Gasteiger partial charge in [0.15, 0.2) is 5.11 Å². The topological polar surface area (TPSA) is 62.3 Å².